The van der Waals surface area contributed by atoms with E-state index in [-0.39, 0.29) is 12.1 Å². The number of β-amino-alcohol motifs (C(OH)–C–C–N with tert-alkyl or cyclic N) is 1. The number of likely N-dealkylation sites (N-methyl/N-ethyl adjacent to an activating group) is 1. The van der Waals surface area contributed by atoms with E-state index in [0.29, 0.717) is 23.8 Å². The van der Waals surface area contributed by atoms with Crippen LogP contribution in [0.15, 0.2) is 24.3 Å². The number of halogens is 1. The molecule has 0 unspecified atom stereocenters. The highest BCUT2D eigenvalue weighted by molar-refractivity contribution is 6.30. The molecule has 3 N–H and O–H groups in total. The Kier molecular flexibility index (Phi) is 4.06. The smallest absolute Gasteiger partial charge is 0.321 e. The fourth-order valence-electron chi connectivity index (χ4n) is 1.97. The molecule has 1 saturated heterocycles. The highest BCUT2D eigenvalue weighted by Gasteiger charge is 2.31. The lowest BCUT2D eigenvalue weighted by atomic mass is 10.2. The van der Waals surface area contributed by atoms with Crippen LogP contribution in [0.25, 0.3) is 0 Å². The molecule has 6 heteroatoms. The van der Waals surface area contributed by atoms with Crippen molar-refractivity contribution in [2.75, 3.05) is 25.5 Å². The summed E-state index contributed by atoms with van der Waals surface area (Å²) in [5.41, 5.74) is 0.639. The van der Waals surface area contributed by atoms with Crippen molar-refractivity contribution in [2.24, 2.45) is 0 Å². The van der Waals surface area contributed by atoms with Crippen LogP contribution in [-0.4, -0.2) is 48.3 Å². The number of hydrogen-bond donors (Lipinski definition) is 3. The Labute approximate surface area is 111 Å². The molecule has 5 nitrogen and oxygen atoms in total. The lowest BCUT2D eigenvalue weighted by Gasteiger charge is -2.26. The Hall–Kier alpha value is -1.30. The normalized spacial score (nSPS) is 22.8. The van der Waals surface area contributed by atoms with Gasteiger partial charge in [0.2, 0.25) is 0 Å². The van der Waals surface area contributed by atoms with Crippen molar-refractivity contribution in [1.82, 2.24) is 10.2 Å². The molecule has 2 rings (SSSR count). The SMILES string of the molecule is CN(C(=O)Nc1cccc(Cl)c1)[C@@H]1CNC[C@H]1O. The number of aliphatic hydroxyl groups is 1. The van der Waals surface area contributed by atoms with Gasteiger partial charge < -0.3 is 20.6 Å². The highest BCUT2D eigenvalue weighted by Crippen LogP contribution is 2.16. The average molecular weight is 270 g/mol. The summed E-state index contributed by atoms with van der Waals surface area (Å²) >= 11 is 5.84. The van der Waals surface area contributed by atoms with Crippen molar-refractivity contribution >= 4 is 23.3 Å². The second-order valence-corrected chi connectivity index (χ2v) is 4.78. The largest absolute Gasteiger partial charge is 0.390 e. The molecule has 1 heterocycles. The molecule has 1 aromatic rings. The van der Waals surface area contributed by atoms with E-state index in [9.17, 15) is 9.90 Å². The fourth-order valence-corrected chi connectivity index (χ4v) is 2.17. The minimum atomic E-state index is -0.528. The minimum absolute atomic E-state index is 0.204. The zero-order chi connectivity index (χ0) is 13.1. The molecular formula is C12H16ClN3O2. The van der Waals surface area contributed by atoms with Gasteiger partial charge in [0.15, 0.2) is 0 Å². The summed E-state index contributed by atoms with van der Waals surface area (Å²) in [5, 5.41) is 16.1. The molecule has 0 aliphatic carbocycles. The van der Waals surface area contributed by atoms with E-state index < -0.39 is 6.10 Å². The van der Waals surface area contributed by atoms with E-state index in [2.05, 4.69) is 10.6 Å². The van der Waals surface area contributed by atoms with Crippen molar-refractivity contribution in [3.05, 3.63) is 29.3 Å². The van der Waals surface area contributed by atoms with Crippen LogP contribution in [0.3, 0.4) is 0 Å². The molecule has 1 aliphatic heterocycles. The Morgan fingerprint density at radius 1 is 1.56 bits per heavy atom. The number of urea groups is 1. The molecule has 0 bridgehead atoms. The Morgan fingerprint density at radius 2 is 2.33 bits per heavy atom. The van der Waals surface area contributed by atoms with Gasteiger partial charge in [0, 0.05) is 30.8 Å². The van der Waals surface area contributed by atoms with E-state index in [1.807, 2.05) is 0 Å². The molecule has 2 atom stereocenters. The third-order valence-electron chi connectivity index (χ3n) is 3.04. The predicted octanol–water partition coefficient (Wildman–Crippen LogP) is 1.14. The van der Waals surface area contributed by atoms with Gasteiger partial charge in [-0.05, 0) is 18.2 Å². The third kappa shape index (κ3) is 2.93. The molecular weight excluding hydrogens is 254 g/mol. The van der Waals surface area contributed by atoms with E-state index in [0.717, 1.165) is 0 Å². The zero-order valence-corrected chi connectivity index (χ0v) is 10.8. The first-order chi connectivity index (χ1) is 8.58. The number of rotatable bonds is 2. The van der Waals surface area contributed by atoms with Crippen molar-refractivity contribution in [1.29, 1.82) is 0 Å². The van der Waals surface area contributed by atoms with Crippen LogP contribution in [0.5, 0.6) is 0 Å². The van der Waals surface area contributed by atoms with Gasteiger partial charge in [-0.15, -0.1) is 0 Å². The summed E-state index contributed by atoms with van der Waals surface area (Å²) < 4.78 is 0. The van der Waals surface area contributed by atoms with Gasteiger partial charge in [-0.2, -0.15) is 0 Å². The molecule has 0 spiro atoms. The lowest BCUT2D eigenvalue weighted by molar-refractivity contribution is 0.115. The van der Waals surface area contributed by atoms with Gasteiger partial charge in [-0.1, -0.05) is 17.7 Å². The van der Waals surface area contributed by atoms with Crippen LogP contribution in [0, 0.1) is 0 Å². The van der Waals surface area contributed by atoms with Crippen molar-refractivity contribution in [2.45, 2.75) is 12.1 Å². The Balaban J connectivity index is 1.99. The summed E-state index contributed by atoms with van der Waals surface area (Å²) in [6.07, 6.45) is -0.528. The summed E-state index contributed by atoms with van der Waals surface area (Å²) in [5.74, 6) is 0. The van der Waals surface area contributed by atoms with Gasteiger partial charge in [0.05, 0.1) is 12.1 Å². The highest BCUT2D eigenvalue weighted by atomic mass is 35.5. The van der Waals surface area contributed by atoms with Crippen molar-refractivity contribution in [3.63, 3.8) is 0 Å². The topological polar surface area (TPSA) is 64.6 Å². The van der Waals surface area contributed by atoms with Gasteiger partial charge in [-0.25, -0.2) is 4.79 Å². The first kappa shape index (κ1) is 13.1. The summed E-state index contributed by atoms with van der Waals surface area (Å²) in [7, 11) is 1.67. The van der Waals surface area contributed by atoms with Gasteiger partial charge >= 0.3 is 6.03 Å². The molecule has 1 aromatic carbocycles. The first-order valence-corrected chi connectivity index (χ1v) is 6.14. The quantitative estimate of drug-likeness (QED) is 0.754. The van der Waals surface area contributed by atoms with Crippen LogP contribution in [-0.2, 0) is 0 Å². The zero-order valence-electron chi connectivity index (χ0n) is 10.1. The van der Waals surface area contributed by atoms with Gasteiger partial charge in [-0.3, -0.25) is 0 Å². The second-order valence-electron chi connectivity index (χ2n) is 4.34. The summed E-state index contributed by atoms with van der Waals surface area (Å²) in [6, 6.07) is 6.49. The van der Waals surface area contributed by atoms with Crippen LogP contribution in [0.2, 0.25) is 5.02 Å². The summed E-state index contributed by atoms with van der Waals surface area (Å²) in [4.78, 5) is 13.5. The number of carbonyl (C=O) groups excluding carboxylic acids is 1. The third-order valence-corrected chi connectivity index (χ3v) is 3.28. The molecule has 0 radical (unpaired) electrons. The van der Waals surface area contributed by atoms with E-state index in [1.54, 1.807) is 31.3 Å². The molecule has 0 aromatic heterocycles. The van der Waals surface area contributed by atoms with Crippen LogP contribution < -0.4 is 10.6 Å². The van der Waals surface area contributed by atoms with Crippen LogP contribution in [0.4, 0.5) is 10.5 Å². The number of carbonyl (C=O) groups is 1. The van der Waals surface area contributed by atoms with E-state index >= 15 is 0 Å². The fraction of sp³-hybridized carbons (Fsp3) is 0.417. The van der Waals surface area contributed by atoms with Crippen LogP contribution >= 0.6 is 11.6 Å². The maximum atomic E-state index is 12.0. The number of nitrogens with zero attached hydrogens (tertiary/aromatic N) is 1. The number of hydrogen-bond acceptors (Lipinski definition) is 3. The van der Waals surface area contributed by atoms with Crippen LogP contribution in [0.1, 0.15) is 0 Å². The maximum absolute atomic E-state index is 12.0. The van der Waals surface area contributed by atoms with Crippen molar-refractivity contribution in [3.8, 4) is 0 Å². The molecule has 0 saturated carbocycles. The number of nitrogens with one attached hydrogen (secondary N) is 2. The van der Waals surface area contributed by atoms with E-state index in [1.165, 1.54) is 4.90 Å². The average Bonchev–Trinajstić information content (AvgIpc) is 2.74. The lowest BCUT2D eigenvalue weighted by Crippen LogP contribution is -2.46. The molecule has 98 valence electrons. The summed E-state index contributed by atoms with van der Waals surface area (Å²) in [6.45, 7) is 1.11. The molecule has 18 heavy (non-hydrogen) atoms. The monoisotopic (exact) mass is 269 g/mol. The van der Waals surface area contributed by atoms with E-state index in [4.69, 9.17) is 11.6 Å². The van der Waals surface area contributed by atoms with Gasteiger partial charge in [0.25, 0.3) is 0 Å². The molecule has 2 amide bonds. The van der Waals surface area contributed by atoms with Crippen molar-refractivity contribution < 1.29 is 9.90 Å². The predicted molar refractivity (Wildman–Crippen MR) is 70.9 cm³/mol. The molecule has 1 aliphatic rings. The van der Waals surface area contributed by atoms with Gasteiger partial charge in [0.1, 0.15) is 0 Å². The first-order valence-electron chi connectivity index (χ1n) is 5.76. The standard InChI is InChI=1S/C12H16ClN3O2/c1-16(10-6-14-7-11(10)17)12(18)15-9-4-2-3-8(13)5-9/h2-5,10-11,14,17H,6-7H2,1H3,(H,15,18)/t10-,11-/m1/s1. The number of amides is 2. The minimum Gasteiger partial charge on any atom is -0.390 e. The number of anilines is 1. The molecule has 1 fully saturated rings. The number of benzene rings is 1. The second kappa shape index (κ2) is 5.56. The number of aliphatic hydroxyl groups excluding tert-OH is 1. The maximum Gasteiger partial charge on any atom is 0.321 e. The Morgan fingerprint density at radius 3 is 2.94 bits per heavy atom. The Bertz CT molecular complexity index is 441.